The quantitative estimate of drug-likeness (QED) is 0.818. The molecule has 2 N–H and O–H groups in total. The zero-order valence-corrected chi connectivity index (χ0v) is 12.3. The van der Waals surface area contributed by atoms with Crippen molar-refractivity contribution in [3.8, 4) is 11.8 Å². The number of nitrogens with zero attached hydrogens (tertiary/aromatic N) is 1. The first-order valence-electron chi connectivity index (χ1n) is 5.99. The molecule has 0 aliphatic carbocycles. The standard InChI is InChI=1S/C14H19NO3S/c1-14(2,18)10-15(3)13(17)11-8-12(19-9-11)6-4-5-7-16/h8-9,16,18H,5,7,10H2,1-3H3. The van der Waals surface area contributed by atoms with Crippen LogP contribution in [0.4, 0.5) is 0 Å². The third kappa shape index (κ3) is 5.43. The lowest BCUT2D eigenvalue weighted by Crippen LogP contribution is -2.39. The van der Waals surface area contributed by atoms with Crippen LogP contribution in [0.2, 0.25) is 0 Å². The highest BCUT2D eigenvalue weighted by atomic mass is 32.1. The number of hydrogen-bond acceptors (Lipinski definition) is 4. The highest BCUT2D eigenvalue weighted by Crippen LogP contribution is 2.16. The Morgan fingerprint density at radius 1 is 1.53 bits per heavy atom. The first kappa shape index (κ1) is 15.7. The van der Waals surface area contributed by atoms with Crippen molar-refractivity contribution in [1.29, 1.82) is 0 Å². The summed E-state index contributed by atoms with van der Waals surface area (Å²) in [5, 5.41) is 20.1. The van der Waals surface area contributed by atoms with Crippen molar-refractivity contribution in [1.82, 2.24) is 4.90 Å². The SMILES string of the molecule is CN(CC(C)(C)O)C(=O)c1csc(C#CCCO)c1. The van der Waals surface area contributed by atoms with E-state index in [4.69, 9.17) is 5.11 Å². The molecule has 1 rings (SSSR count). The van der Waals surface area contributed by atoms with E-state index >= 15 is 0 Å². The van der Waals surface area contributed by atoms with Gasteiger partial charge in [-0.05, 0) is 19.9 Å². The second-order valence-electron chi connectivity index (χ2n) is 4.95. The molecule has 0 spiro atoms. The van der Waals surface area contributed by atoms with E-state index in [0.29, 0.717) is 12.0 Å². The van der Waals surface area contributed by atoms with E-state index in [2.05, 4.69) is 11.8 Å². The van der Waals surface area contributed by atoms with Crippen molar-refractivity contribution < 1.29 is 15.0 Å². The molecule has 1 heterocycles. The summed E-state index contributed by atoms with van der Waals surface area (Å²) in [6.07, 6.45) is 0.430. The highest BCUT2D eigenvalue weighted by Gasteiger charge is 2.20. The maximum absolute atomic E-state index is 12.1. The van der Waals surface area contributed by atoms with E-state index in [1.165, 1.54) is 16.2 Å². The first-order valence-corrected chi connectivity index (χ1v) is 6.87. The van der Waals surface area contributed by atoms with Crippen molar-refractivity contribution in [2.24, 2.45) is 0 Å². The van der Waals surface area contributed by atoms with E-state index in [-0.39, 0.29) is 19.1 Å². The molecule has 0 unspecified atom stereocenters. The number of carbonyl (C=O) groups excluding carboxylic acids is 1. The molecule has 104 valence electrons. The Morgan fingerprint density at radius 3 is 2.79 bits per heavy atom. The Labute approximate surface area is 117 Å². The molecule has 0 aliphatic rings. The number of thiophene rings is 1. The maximum Gasteiger partial charge on any atom is 0.254 e. The van der Waals surface area contributed by atoms with E-state index in [1.54, 1.807) is 32.3 Å². The van der Waals surface area contributed by atoms with E-state index in [1.807, 2.05) is 0 Å². The second-order valence-corrected chi connectivity index (χ2v) is 5.86. The topological polar surface area (TPSA) is 60.8 Å². The average molecular weight is 281 g/mol. The van der Waals surface area contributed by atoms with Gasteiger partial charge in [0.15, 0.2) is 0 Å². The fourth-order valence-electron chi connectivity index (χ4n) is 1.59. The molecule has 1 amide bonds. The lowest BCUT2D eigenvalue weighted by molar-refractivity contribution is 0.0368. The number of hydrogen-bond donors (Lipinski definition) is 2. The second kappa shape index (κ2) is 6.71. The smallest absolute Gasteiger partial charge is 0.254 e. The van der Waals surface area contributed by atoms with Gasteiger partial charge in [0, 0.05) is 25.4 Å². The van der Waals surface area contributed by atoms with Crippen LogP contribution in [0.15, 0.2) is 11.4 Å². The Morgan fingerprint density at radius 2 is 2.21 bits per heavy atom. The molecule has 0 fully saturated rings. The largest absolute Gasteiger partial charge is 0.395 e. The van der Waals surface area contributed by atoms with Gasteiger partial charge in [-0.25, -0.2) is 0 Å². The predicted molar refractivity (Wildman–Crippen MR) is 76.2 cm³/mol. The van der Waals surface area contributed by atoms with Crippen LogP contribution in [0.5, 0.6) is 0 Å². The molecule has 1 aromatic heterocycles. The molecule has 0 aliphatic heterocycles. The van der Waals surface area contributed by atoms with Crippen LogP contribution in [0.3, 0.4) is 0 Å². The fraction of sp³-hybridized carbons (Fsp3) is 0.500. The van der Waals surface area contributed by atoms with Gasteiger partial charge in [0.05, 0.1) is 22.6 Å². The summed E-state index contributed by atoms with van der Waals surface area (Å²) < 4.78 is 0. The molecule has 0 saturated heterocycles. The molecule has 4 nitrogen and oxygen atoms in total. The van der Waals surface area contributed by atoms with Crippen LogP contribution in [0.25, 0.3) is 0 Å². The number of carbonyl (C=O) groups is 1. The molecule has 0 aromatic carbocycles. The van der Waals surface area contributed by atoms with Crippen LogP contribution < -0.4 is 0 Å². The van der Waals surface area contributed by atoms with Crippen LogP contribution in [-0.2, 0) is 0 Å². The van der Waals surface area contributed by atoms with Gasteiger partial charge in [-0.1, -0.05) is 11.8 Å². The molecule has 5 heteroatoms. The number of aliphatic hydroxyl groups is 2. The Hall–Kier alpha value is -1.35. The van der Waals surface area contributed by atoms with Crippen molar-refractivity contribution in [2.75, 3.05) is 20.2 Å². The zero-order valence-electron chi connectivity index (χ0n) is 11.4. The third-order valence-electron chi connectivity index (χ3n) is 2.27. The minimum absolute atomic E-state index is 0.0402. The van der Waals surface area contributed by atoms with Gasteiger partial charge in [-0.3, -0.25) is 4.79 Å². The number of amides is 1. The highest BCUT2D eigenvalue weighted by molar-refractivity contribution is 7.10. The van der Waals surface area contributed by atoms with Crippen LogP contribution in [0, 0.1) is 11.8 Å². The predicted octanol–water partition coefficient (Wildman–Crippen LogP) is 1.32. The summed E-state index contributed by atoms with van der Waals surface area (Å²) in [6.45, 7) is 3.64. The summed E-state index contributed by atoms with van der Waals surface area (Å²) in [4.78, 5) is 14.4. The van der Waals surface area contributed by atoms with E-state index in [9.17, 15) is 9.90 Å². The number of rotatable bonds is 4. The minimum Gasteiger partial charge on any atom is -0.395 e. The zero-order chi connectivity index (χ0) is 14.5. The first-order chi connectivity index (χ1) is 8.83. The Kier molecular flexibility index (Phi) is 5.55. The van der Waals surface area contributed by atoms with Gasteiger partial charge in [-0.15, -0.1) is 11.3 Å². The van der Waals surface area contributed by atoms with Gasteiger partial charge < -0.3 is 15.1 Å². The van der Waals surface area contributed by atoms with Gasteiger partial charge >= 0.3 is 0 Å². The fourth-order valence-corrected chi connectivity index (χ4v) is 2.34. The van der Waals surface area contributed by atoms with Crippen LogP contribution >= 0.6 is 11.3 Å². The number of aliphatic hydroxyl groups excluding tert-OH is 1. The van der Waals surface area contributed by atoms with E-state index in [0.717, 1.165) is 4.88 Å². The van der Waals surface area contributed by atoms with E-state index < -0.39 is 5.60 Å². The molecular weight excluding hydrogens is 262 g/mol. The lowest BCUT2D eigenvalue weighted by Gasteiger charge is -2.25. The lowest BCUT2D eigenvalue weighted by atomic mass is 10.1. The average Bonchev–Trinajstić information content (AvgIpc) is 2.75. The van der Waals surface area contributed by atoms with Crippen LogP contribution in [-0.4, -0.2) is 46.8 Å². The summed E-state index contributed by atoms with van der Waals surface area (Å²) in [7, 11) is 1.66. The van der Waals surface area contributed by atoms with Crippen molar-refractivity contribution in [3.05, 3.63) is 21.9 Å². The summed E-state index contributed by atoms with van der Waals surface area (Å²) in [5.74, 6) is 5.58. The Balaban J connectivity index is 2.71. The molecule has 0 radical (unpaired) electrons. The normalized spacial score (nSPS) is 10.8. The molecule has 1 aromatic rings. The third-order valence-corrected chi connectivity index (χ3v) is 3.11. The summed E-state index contributed by atoms with van der Waals surface area (Å²) in [5.41, 5.74) is -0.338. The summed E-state index contributed by atoms with van der Waals surface area (Å²) in [6, 6.07) is 1.73. The monoisotopic (exact) mass is 281 g/mol. The maximum atomic E-state index is 12.1. The van der Waals surface area contributed by atoms with Gasteiger partial charge in [-0.2, -0.15) is 0 Å². The Bertz CT molecular complexity index is 491. The molecule has 0 bridgehead atoms. The minimum atomic E-state index is -0.913. The van der Waals surface area contributed by atoms with Crippen molar-refractivity contribution in [3.63, 3.8) is 0 Å². The molecule has 0 saturated carbocycles. The van der Waals surface area contributed by atoms with Gasteiger partial charge in [0.25, 0.3) is 5.91 Å². The van der Waals surface area contributed by atoms with Crippen LogP contribution in [0.1, 0.15) is 35.5 Å². The number of likely N-dealkylation sites (N-methyl/N-ethyl adjacent to an activating group) is 1. The summed E-state index contributed by atoms with van der Waals surface area (Å²) >= 11 is 1.40. The van der Waals surface area contributed by atoms with Crippen molar-refractivity contribution in [2.45, 2.75) is 25.9 Å². The molecular formula is C14H19NO3S. The van der Waals surface area contributed by atoms with Crippen molar-refractivity contribution >= 4 is 17.2 Å². The van der Waals surface area contributed by atoms with Gasteiger partial charge in [0.2, 0.25) is 0 Å². The molecule has 19 heavy (non-hydrogen) atoms. The van der Waals surface area contributed by atoms with Gasteiger partial charge in [0.1, 0.15) is 0 Å². The molecule has 0 atom stereocenters.